The predicted octanol–water partition coefficient (Wildman–Crippen LogP) is 1.64. The molecular formula is C12H12FN3O. The van der Waals surface area contributed by atoms with E-state index in [2.05, 4.69) is 15.5 Å². The molecule has 88 valence electrons. The second-order valence-electron chi connectivity index (χ2n) is 4.25. The average molecular weight is 233 g/mol. The number of benzene rings is 1. The van der Waals surface area contributed by atoms with Crippen molar-refractivity contribution >= 4 is 0 Å². The molecule has 0 bridgehead atoms. The Kier molecular flexibility index (Phi) is 2.60. The van der Waals surface area contributed by atoms with Gasteiger partial charge in [-0.3, -0.25) is 0 Å². The highest BCUT2D eigenvalue weighted by atomic mass is 19.1. The van der Waals surface area contributed by atoms with Crippen molar-refractivity contribution in [3.05, 3.63) is 36.0 Å². The first-order chi connectivity index (χ1) is 8.31. The van der Waals surface area contributed by atoms with Gasteiger partial charge in [0.25, 0.3) is 0 Å². The fourth-order valence-electron chi connectivity index (χ4n) is 1.82. The number of aromatic nitrogens is 2. The van der Waals surface area contributed by atoms with E-state index in [1.165, 1.54) is 12.1 Å². The number of rotatable bonds is 3. The molecule has 0 unspecified atom stereocenters. The Bertz CT molecular complexity index is 522. The minimum absolute atomic E-state index is 0.294. The summed E-state index contributed by atoms with van der Waals surface area (Å²) >= 11 is 0. The molecule has 2 aromatic rings. The third-order valence-electron chi connectivity index (χ3n) is 2.88. The summed E-state index contributed by atoms with van der Waals surface area (Å²) in [7, 11) is 0. The van der Waals surface area contributed by atoms with Gasteiger partial charge in [-0.25, -0.2) is 4.39 Å². The molecule has 5 heteroatoms. The van der Waals surface area contributed by atoms with Crippen molar-refractivity contribution in [3.8, 4) is 11.4 Å². The minimum Gasteiger partial charge on any atom is -0.339 e. The molecule has 1 aromatic carbocycles. The minimum atomic E-state index is -0.294. The molecular weight excluding hydrogens is 221 g/mol. The molecule has 1 saturated heterocycles. The summed E-state index contributed by atoms with van der Waals surface area (Å²) in [5.41, 5.74) is 0.645. The lowest BCUT2D eigenvalue weighted by atomic mass is 10.00. The van der Waals surface area contributed by atoms with Crippen LogP contribution in [0, 0.1) is 11.7 Å². The summed E-state index contributed by atoms with van der Waals surface area (Å²) in [6.45, 7) is 2.00. The first-order valence-electron chi connectivity index (χ1n) is 5.60. The van der Waals surface area contributed by atoms with Gasteiger partial charge >= 0.3 is 0 Å². The highest BCUT2D eigenvalue weighted by molar-refractivity contribution is 5.53. The van der Waals surface area contributed by atoms with Crippen molar-refractivity contribution in [3.63, 3.8) is 0 Å². The number of nitrogens with one attached hydrogen (secondary N) is 1. The first-order valence-corrected chi connectivity index (χ1v) is 5.60. The maximum absolute atomic E-state index is 13.0. The zero-order valence-electron chi connectivity index (χ0n) is 9.19. The standard InChI is InChI=1S/C12H12FN3O/c13-10-3-1-2-9(5-10)12-15-11(17-16-12)4-8-6-14-7-8/h1-3,5,8,14H,4,6-7H2. The molecule has 1 fully saturated rings. The summed E-state index contributed by atoms with van der Waals surface area (Å²) in [5, 5.41) is 7.05. The van der Waals surface area contributed by atoms with Crippen molar-refractivity contribution in [1.82, 2.24) is 15.5 Å². The highest BCUT2D eigenvalue weighted by Crippen LogP contribution is 2.18. The predicted molar refractivity (Wildman–Crippen MR) is 59.8 cm³/mol. The van der Waals surface area contributed by atoms with E-state index in [1.807, 2.05) is 0 Å². The zero-order valence-corrected chi connectivity index (χ0v) is 9.19. The Morgan fingerprint density at radius 2 is 2.29 bits per heavy atom. The van der Waals surface area contributed by atoms with Crippen LogP contribution in [0.5, 0.6) is 0 Å². The second kappa shape index (κ2) is 4.25. The molecule has 17 heavy (non-hydrogen) atoms. The lowest BCUT2D eigenvalue weighted by Gasteiger charge is -2.25. The van der Waals surface area contributed by atoms with Gasteiger partial charge in [-0.15, -0.1) is 0 Å². The fourth-order valence-corrected chi connectivity index (χ4v) is 1.82. The molecule has 2 heterocycles. The Labute approximate surface area is 97.8 Å². The molecule has 0 spiro atoms. The zero-order chi connectivity index (χ0) is 11.7. The van der Waals surface area contributed by atoms with Crippen molar-refractivity contribution in [2.75, 3.05) is 13.1 Å². The largest absolute Gasteiger partial charge is 0.339 e. The van der Waals surface area contributed by atoms with Gasteiger partial charge in [0.05, 0.1) is 0 Å². The number of hydrogen-bond donors (Lipinski definition) is 1. The molecule has 0 saturated carbocycles. The highest BCUT2D eigenvalue weighted by Gasteiger charge is 2.20. The van der Waals surface area contributed by atoms with Crippen molar-refractivity contribution < 1.29 is 8.91 Å². The van der Waals surface area contributed by atoms with Crippen LogP contribution in [0.15, 0.2) is 28.8 Å². The maximum Gasteiger partial charge on any atom is 0.227 e. The molecule has 4 nitrogen and oxygen atoms in total. The lowest BCUT2D eigenvalue weighted by Crippen LogP contribution is -2.43. The SMILES string of the molecule is Fc1cccc(-c2noc(CC3CNC3)n2)c1. The van der Waals surface area contributed by atoms with Gasteiger partial charge < -0.3 is 9.84 Å². The van der Waals surface area contributed by atoms with E-state index in [0.717, 1.165) is 19.5 Å². The topological polar surface area (TPSA) is 51.0 Å². The van der Waals surface area contributed by atoms with Crippen molar-refractivity contribution in [2.24, 2.45) is 5.92 Å². The molecule has 0 atom stereocenters. The molecule has 0 aliphatic carbocycles. The van der Waals surface area contributed by atoms with Crippen LogP contribution >= 0.6 is 0 Å². The number of nitrogens with zero attached hydrogens (tertiary/aromatic N) is 2. The lowest BCUT2D eigenvalue weighted by molar-refractivity contribution is 0.296. The fraction of sp³-hybridized carbons (Fsp3) is 0.333. The average Bonchev–Trinajstić information content (AvgIpc) is 2.72. The normalized spacial score (nSPS) is 15.8. The van der Waals surface area contributed by atoms with Crippen molar-refractivity contribution in [1.29, 1.82) is 0 Å². The van der Waals surface area contributed by atoms with E-state index < -0.39 is 0 Å². The van der Waals surface area contributed by atoms with Crippen LogP contribution < -0.4 is 5.32 Å². The van der Waals surface area contributed by atoms with Crippen LogP contribution in [-0.2, 0) is 6.42 Å². The smallest absolute Gasteiger partial charge is 0.227 e. The van der Waals surface area contributed by atoms with Crippen LogP contribution in [0.1, 0.15) is 5.89 Å². The van der Waals surface area contributed by atoms with Crippen LogP contribution in [0.4, 0.5) is 4.39 Å². The summed E-state index contributed by atoms with van der Waals surface area (Å²) in [5.74, 6) is 1.36. The molecule has 1 N–H and O–H groups in total. The summed E-state index contributed by atoms with van der Waals surface area (Å²) in [6, 6.07) is 6.20. The number of hydrogen-bond acceptors (Lipinski definition) is 4. The molecule has 1 aliphatic rings. The van der Waals surface area contributed by atoms with Crippen LogP contribution in [-0.4, -0.2) is 23.2 Å². The Morgan fingerprint density at radius 1 is 1.41 bits per heavy atom. The van der Waals surface area contributed by atoms with E-state index >= 15 is 0 Å². The van der Waals surface area contributed by atoms with E-state index in [0.29, 0.717) is 23.2 Å². The number of halogens is 1. The van der Waals surface area contributed by atoms with E-state index in [4.69, 9.17) is 4.52 Å². The summed E-state index contributed by atoms with van der Waals surface area (Å²) in [4.78, 5) is 4.27. The van der Waals surface area contributed by atoms with Gasteiger partial charge in [-0.2, -0.15) is 4.98 Å². The second-order valence-corrected chi connectivity index (χ2v) is 4.25. The molecule has 0 amide bonds. The van der Waals surface area contributed by atoms with Crippen LogP contribution in [0.25, 0.3) is 11.4 Å². The van der Waals surface area contributed by atoms with Crippen LogP contribution in [0.2, 0.25) is 0 Å². The Balaban J connectivity index is 1.79. The monoisotopic (exact) mass is 233 g/mol. The van der Waals surface area contributed by atoms with Crippen molar-refractivity contribution in [2.45, 2.75) is 6.42 Å². The van der Waals surface area contributed by atoms with Crippen LogP contribution in [0.3, 0.4) is 0 Å². The summed E-state index contributed by atoms with van der Waals surface area (Å²) < 4.78 is 18.2. The molecule has 1 aromatic heterocycles. The van der Waals surface area contributed by atoms with Gasteiger partial charge in [0.1, 0.15) is 5.82 Å². The molecule has 1 aliphatic heterocycles. The maximum atomic E-state index is 13.0. The molecule has 3 rings (SSSR count). The van der Waals surface area contributed by atoms with Gasteiger partial charge in [0.15, 0.2) is 0 Å². The van der Waals surface area contributed by atoms with Gasteiger partial charge in [0.2, 0.25) is 11.7 Å². The summed E-state index contributed by atoms with van der Waals surface area (Å²) in [6.07, 6.45) is 0.787. The van der Waals surface area contributed by atoms with E-state index in [-0.39, 0.29) is 5.82 Å². The van der Waals surface area contributed by atoms with Gasteiger partial charge in [-0.1, -0.05) is 17.3 Å². The first kappa shape index (κ1) is 10.4. The Morgan fingerprint density at radius 3 is 3.00 bits per heavy atom. The van der Waals surface area contributed by atoms with E-state index in [1.54, 1.807) is 12.1 Å². The van der Waals surface area contributed by atoms with Gasteiger partial charge in [-0.05, 0) is 31.1 Å². The third kappa shape index (κ3) is 2.19. The quantitative estimate of drug-likeness (QED) is 0.875. The Hall–Kier alpha value is -1.75. The van der Waals surface area contributed by atoms with Gasteiger partial charge in [0, 0.05) is 12.0 Å². The van der Waals surface area contributed by atoms with E-state index in [9.17, 15) is 4.39 Å². The molecule has 0 radical (unpaired) electrons. The third-order valence-corrected chi connectivity index (χ3v) is 2.88.